The first-order chi connectivity index (χ1) is 10.2. The maximum atomic E-state index is 11.6. The normalized spacial score (nSPS) is 16.0. The van der Waals surface area contributed by atoms with Gasteiger partial charge in [-0.05, 0) is 50.9 Å². The minimum Gasteiger partial charge on any atom is -0.465 e. The summed E-state index contributed by atoms with van der Waals surface area (Å²) in [6.07, 6.45) is 2.37. The van der Waals surface area contributed by atoms with Crippen molar-refractivity contribution in [2.24, 2.45) is 5.92 Å². The molecule has 1 aliphatic rings. The van der Waals surface area contributed by atoms with Crippen LogP contribution in [0.2, 0.25) is 0 Å². The number of rotatable bonds is 5. The zero-order valence-corrected chi connectivity index (χ0v) is 13.2. The Hall–Kier alpha value is -1.62. The number of pyridine rings is 1. The van der Waals surface area contributed by atoms with Crippen LogP contribution in [0.5, 0.6) is 0 Å². The molecule has 0 spiro atoms. The number of carbonyl (C=O) groups is 1. The highest BCUT2D eigenvalue weighted by Crippen LogP contribution is 2.22. The van der Waals surface area contributed by atoms with Crippen molar-refractivity contribution in [3.05, 3.63) is 23.4 Å². The van der Waals surface area contributed by atoms with Crippen LogP contribution in [0.15, 0.2) is 12.1 Å². The molecule has 1 fully saturated rings. The molecule has 116 valence electrons. The van der Waals surface area contributed by atoms with E-state index >= 15 is 0 Å². The minimum atomic E-state index is -0.323. The van der Waals surface area contributed by atoms with Gasteiger partial charge in [0.05, 0.1) is 18.4 Å². The summed E-state index contributed by atoms with van der Waals surface area (Å²) in [7, 11) is 1.39. The van der Waals surface area contributed by atoms with E-state index in [0.29, 0.717) is 5.56 Å². The summed E-state index contributed by atoms with van der Waals surface area (Å²) in [6.45, 7) is 8.20. The number of aromatic nitrogens is 1. The predicted molar refractivity (Wildman–Crippen MR) is 83.8 cm³/mol. The molecule has 1 aliphatic heterocycles. The number of methoxy groups -OCH3 is 1. The summed E-state index contributed by atoms with van der Waals surface area (Å²) in [4.78, 5) is 18.4. The van der Waals surface area contributed by atoms with Crippen molar-refractivity contribution < 1.29 is 9.53 Å². The lowest BCUT2D eigenvalue weighted by atomic mass is 9.97. The average Bonchev–Trinajstić information content (AvgIpc) is 2.52. The fourth-order valence-electron chi connectivity index (χ4n) is 2.76. The van der Waals surface area contributed by atoms with E-state index in [1.165, 1.54) is 20.0 Å². The van der Waals surface area contributed by atoms with Gasteiger partial charge >= 0.3 is 5.97 Å². The van der Waals surface area contributed by atoms with Crippen LogP contribution in [0, 0.1) is 12.8 Å². The minimum absolute atomic E-state index is 0.323. The molecule has 5 nitrogen and oxygen atoms in total. The van der Waals surface area contributed by atoms with Gasteiger partial charge in [0.1, 0.15) is 5.82 Å². The Morgan fingerprint density at radius 3 is 2.71 bits per heavy atom. The first-order valence-electron chi connectivity index (χ1n) is 7.67. The van der Waals surface area contributed by atoms with Crippen molar-refractivity contribution in [3.8, 4) is 0 Å². The Bertz CT molecular complexity index is 482. The summed E-state index contributed by atoms with van der Waals surface area (Å²) < 4.78 is 4.75. The third-order valence-corrected chi connectivity index (χ3v) is 4.10. The second kappa shape index (κ2) is 7.41. The lowest BCUT2D eigenvalue weighted by Crippen LogP contribution is -2.37. The van der Waals surface area contributed by atoms with Gasteiger partial charge in [-0.3, -0.25) is 0 Å². The van der Waals surface area contributed by atoms with E-state index in [-0.39, 0.29) is 5.97 Å². The van der Waals surface area contributed by atoms with Crippen molar-refractivity contribution in [2.45, 2.75) is 26.7 Å². The van der Waals surface area contributed by atoms with E-state index in [9.17, 15) is 4.79 Å². The number of esters is 1. The Morgan fingerprint density at radius 2 is 2.14 bits per heavy atom. The number of nitrogens with one attached hydrogen (secondary N) is 1. The zero-order valence-electron chi connectivity index (χ0n) is 13.2. The number of aryl methyl sites for hydroxylation is 1. The fraction of sp³-hybridized carbons (Fsp3) is 0.625. The highest BCUT2D eigenvalue weighted by Gasteiger charge is 2.20. The molecular formula is C16H25N3O2. The lowest BCUT2D eigenvalue weighted by molar-refractivity contribution is 0.0599. The standard InChI is InChI=1S/C16H25N3O2/c1-4-17-11-13-7-9-19(10-8-13)15-6-5-14(12(2)18-15)16(20)21-3/h5-6,13,17H,4,7-11H2,1-3H3. The van der Waals surface area contributed by atoms with Crippen molar-refractivity contribution in [2.75, 3.05) is 38.2 Å². The maximum Gasteiger partial charge on any atom is 0.339 e. The molecule has 5 heteroatoms. The number of ether oxygens (including phenoxy) is 1. The molecule has 0 bridgehead atoms. The molecule has 2 heterocycles. The van der Waals surface area contributed by atoms with E-state index in [4.69, 9.17) is 4.74 Å². The molecule has 0 saturated carbocycles. The number of hydrogen-bond acceptors (Lipinski definition) is 5. The molecule has 1 aromatic heterocycles. The molecule has 0 unspecified atom stereocenters. The van der Waals surface area contributed by atoms with Gasteiger partial charge in [0, 0.05) is 13.1 Å². The van der Waals surface area contributed by atoms with Gasteiger partial charge in [-0.25, -0.2) is 9.78 Å². The number of carbonyl (C=O) groups excluding carboxylic acids is 1. The van der Waals surface area contributed by atoms with Crippen LogP contribution in [0.25, 0.3) is 0 Å². The van der Waals surface area contributed by atoms with Crippen molar-refractivity contribution in [1.29, 1.82) is 0 Å². The maximum absolute atomic E-state index is 11.6. The first-order valence-corrected chi connectivity index (χ1v) is 7.67. The molecule has 21 heavy (non-hydrogen) atoms. The first kappa shape index (κ1) is 15.8. The largest absolute Gasteiger partial charge is 0.465 e. The Kier molecular flexibility index (Phi) is 5.56. The molecule has 0 aromatic carbocycles. The lowest BCUT2D eigenvalue weighted by Gasteiger charge is -2.33. The van der Waals surface area contributed by atoms with Gasteiger partial charge in [-0.15, -0.1) is 0 Å². The quantitative estimate of drug-likeness (QED) is 0.841. The summed E-state index contributed by atoms with van der Waals surface area (Å²) in [5, 5.41) is 3.42. The van der Waals surface area contributed by atoms with E-state index in [1.807, 2.05) is 19.1 Å². The predicted octanol–water partition coefficient (Wildman–Crippen LogP) is 2.00. The monoisotopic (exact) mass is 291 g/mol. The van der Waals surface area contributed by atoms with Gasteiger partial charge in [0.15, 0.2) is 0 Å². The number of nitrogens with zero attached hydrogens (tertiary/aromatic N) is 2. The van der Waals surface area contributed by atoms with Crippen molar-refractivity contribution >= 4 is 11.8 Å². The number of anilines is 1. The third-order valence-electron chi connectivity index (χ3n) is 4.10. The number of hydrogen-bond donors (Lipinski definition) is 1. The SMILES string of the molecule is CCNCC1CCN(c2ccc(C(=O)OC)c(C)n2)CC1. The van der Waals surface area contributed by atoms with Crippen LogP contribution >= 0.6 is 0 Å². The van der Waals surface area contributed by atoms with Crippen LogP contribution in [0.4, 0.5) is 5.82 Å². The molecule has 0 aliphatic carbocycles. The van der Waals surface area contributed by atoms with E-state index < -0.39 is 0 Å². The van der Waals surface area contributed by atoms with E-state index in [0.717, 1.165) is 43.6 Å². The van der Waals surface area contributed by atoms with Crippen LogP contribution in [0.1, 0.15) is 35.8 Å². The average molecular weight is 291 g/mol. The zero-order chi connectivity index (χ0) is 15.2. The van der Waals surface area contributed by atoms with Gasteiger partial charge in [-0.2, -0.15) is 0 Å². The molecule has 0 atom stereocenters. The topological polar surface area (TPSA) is 54.5 Å². The summed E-state index contributed by atoms with van der Waals surface area (Å²) >= 11 is 0. The molecule has 1 aromatic rings. The smallest absolute Gasteiger partial charge is 0.339 e. The van der Waals surface area contributed by atoms with Gasteiger partial charge < -0.3 is 15.0 Å². The highest BCUT2D eigenvalue weighted by molar-refractivity contribution is 5.90. The second-order valence-electron chi connectivity index (χ2n) is 5.53. The van der Waals surface area contributed by atoms with Crippen LogP contribution in [0.3, 0.4) is 0 Å². The molecular weight excluding hydrogens is 266 g/mol. The Morgan fingerprint density at radius 1 is 1.43 bits per heavy atom. The molecule has 1 N–H and O–H groups in total. The number of piperidine rings is 1. The van der Waals surface area contributed by atoms with E-state index in [2.05, 4.69) is 22.1 Å². The van der Waals surface area contributed by atoms with Crippen LogP contribution in [-0.2, 0) is 4.74 Å². The molecule has 2 rings (SSSR count). The summed E-state index contributed by atoms with van der Waals surface area (Å²) in [6, 6.07) is 3.73. The third kappa shape index (κ3) is 3.94. The van der Waals surface area contributed by atoms with Gasteiger partial charge in [0.25, 0.3) is 0 Å². The summed E-state index contributed by atoms with van der Waals surface area (Å²) in [5.41, 5.74) is 1.28. The van der Waals surface area contributed by atoms with E-state index in [1.54, 1.807) is 0 Å². The molecule has 0 amide bonds. The van der Waals surface area contributed by atoms with Gasteiger partial charge in [-0.1, -0.05) is 6.92 Å². The second-order valence-corrected chi connectivity index (χ2v) is 5.53. The van der Waals surface area contributed by atoms with Crippen LogP contribution < -0.4 is 10.2 Å². The highest BCUT2D eigenvalue weighted by atomic mass is 16.5. The van der Waals surface area contributed by atoms with Crippen molar-refractivity contribution in [1.82, 2.24) is 10.3 Å². The van der Waals surface area contributed by atoms with Crippen LogP contribution in [-0.4, -0.2) is 44.2 Å². The summed E-state index contributed by atoms with van der Waals surface area (Å²) in [5.74, 6) is 1.40. The Labute approximate surface area is 126 Å². The Balaban J connectivity index is 1.97. The fourth-order valence-corrected chi connectivity index (χ4v) is 2.76. The van der Waals surface area contributed by atoms with Gasteiger partial charge in [0.2, 0.25) is 0 Å². The molecule has 0 radical (unpaired) electrons. The molecule has 1 saturated heterocycles. The van der Waals surface area contributed by atoms with Crippen molar-refractivity contribution in [3.63, 3.8) is 0 Å².